The van der Waals surface area contributed by atoms with Crippen molar-refractivity contribution in [1.29, 1.82) is 0 Å². The molecule has 5 heteroatoms. The Balaban J connectivity index is 1.45. The Morgan fingerprint density at radius 3 is 2.70 bits per heavy atom. The second-order valence-corrected chi connectivity index (χ2v) is 6.64. The van der Waals surface area contributed by atoms with Crippen LogP contribution in [0.3, 0.4) is 0 Å². The number of carbonyl (C=O) groups is 1. The number of nitrogens with zero attached hydrogens (tertiary/aromatic N) is 1. The van der Waals surface area contributed by atoms with E-state index < -0.39 is 0 Å². The zero-order valence-electron chi connectivity index (χ0n) is 11.3. The lowest BCUT2D eigenvalue weighted by atomic mass is 10.0. The summed E-state index contributed by atoms with van der Waals surface area (Å²) >= 11 is 1.42. The first-order chi connectivity index (χ1) is 9.74. The fraction of sp³-hybridized carbons (Fsp3) is 0.533. The van der Waals surface area contributed by atoms with Gasteiger partial charge in [0.05, 0.1) is 0 Å². The van der Waals surface area contributed by atoms with Crippen LogP contribution in [0.4, 0.5) is 4.39 Å². The van der Waals surface area contributed by atoms with Gasteiger partial charge in [0.15, 0.2) is 0 Å². The largest absolute Gasteiger partial charge is 0.342 e. The fourth-order valence-electron chi connectivity index (χ4n) is 3.03. The van der Waals surface area contributed by atoms with Crippen molar-refractivity contribution in [3.8, 4) is 0 Å². The molecule has 0 aliphatic carbocycles. The molecule has 2 aliphatic rings. The van der Waals surface area contributed by atoms with Crippen LogP contribution in [0.5, 0.6) is 0 Å². The second-order valence-electron chi connectivity index (χ2n) is 5.51. The first-order valence-electron chi connectivity index (χ1n) is 7.10. The summed E-state index contributed by atoms with van der Waals surface area (Å²) in [6.07, 6.45) is 0.492. The third-order valence-corrected chi connectivity index (χ3v) is 5.20. The van der Waals surface area contributed by atoms with E-state index in [0.717, 1.165) is 26.2 Å². The predicted molar refractivity (Wildman–Crippen MR) is 78.2 cm³/mol. The lowest BCUT2D eigenvalue weighted by molar-refractivity contribution is -0.129. The maximum Gasteiger partial charge on any atom is 0.223 e. The smallest absolute Gasteiger partial charge is 0.223 e. The molecule has 1 aromatic rings. The average Bonchev–Trinajstić information content (AvgIpc) is 3.01. The zero-order valence-corrected chi connectivity index (χ0v) is 12.2. The van der Waals surface area contributed by atoms with E-state index in [9.17, 15) is 9.18 Å². The van der Waals surface area contributed by atoms with Crippen molar-refractivity contribution in [2.75, 3.05) is 31.9 Å². The number of hydrogen-bond donors (Lipinski definition) is 1. The minimum atomic E-state index is -0.202. The van der Waals surface area contributed by atoms with Gasteiger partial charge in [-0.15, -0.1) is 11.8 Å². The van der Waals surface area contributed by atoms with Crippen LogP contribution in [-0.2, 0) is 4.79 Å². The molecule has 2 saturated heterocycles. The van der Waals surface area contributed by atoms with Crippen molar-refractivity contribution in [2.24, 2.45) is 11.8 Å². The molecule has 0 saturated carbocycles. The Morgan fingerprint density at radius 2 is 2.00 bits per heavy atom. The van der Waals surface area contributed by atoms with Gasteiger partial charge in [0, 0.05) is 43.2 Å². The van der Waals surface area contributed by atoms with Gasteiger partial charge in [0.25, 0.3) is 0 Å². The maximum absolute atomic E-state index is 13.4. The molecule has 108 valence electrons. The number of halogens is 1. The van der Waals surface area contributed by atoms with E-state index in [-0.39, 0.29) is 11.7 Å². The number of hydrogen-bond acceptors (Lipinski definition) is 3. The molecule has 2 atom stereocenters. The standard InChI is InChI=1S/C15H19FN2OS/c16-13-3-1-2-4-14(13)20-6-5-15(19)18-9-11-7-17-8-12(11)10-18/h1-4,11-12,17H,5-10H2/t11-,12+. The van der Waals surface area contributed by atoms with Gasteiger partial charge in [-0.1, -0.05) is 12.1 Å². The van der Waals surface area contributed by atoms with Crippen molar-refractivity contribution >= 4 is 17.7 Å². The summed E-state index contributed by atoms with van der Waals surface area (Å²) in [7, 11) is 0. The number of benzene rings is 1. The summed E-state index contributed by atoms with van der Waals surface area (Å²) in [6, 6.07) is 6.72. The molecule has 1 amide bonds. The molecular formula is C15H19FN2OS. The van der Waals surface area contributed by atoms with E-state index in [0.29, 0.717) is 28.9 Å². The summed E-state index contributed by atoms with van der Waals surface area (Å²) in [4.78, 5) is 14.8. The summed E-state index contributed by atoms with van der Waals surface area (Å²) in [5.41, 5.74) is 0. The Bertz CT molecular complexity index is 485. The molecule has 2 fully saturated rings. The van der Waals surface area contributed by atoms with Crippen LogP contribution in [0, 0.1) is 17.7 Å². The topological polar surface area (TPSA) is 32.3 Å². The molecular weight excluding hydrogens is 275 g/mol. The number of nitrogens with one attached hydrogen (secondary N) is 1. The van der Waals surface area contributed by atoms with Gasteiger partial charge < -0.3 is 10.2 Å². The molecule has 0 radical (unpaired) electrons. The summed E-state index contributed by atoms with van der Waals surface area (Å²) < 4.78 is 13.4. The van der Waals surface area contributed by atoms with Gasteiger partial charge in [-0.05, 0) is 24.0 Å². The lowest BCUT2D eigenvalue weighted by Gasteiger charge is -2.17. The average molecular weight is 294 g/mol. The number of amides is 1. The van der Waals surface area contributed by atoms with E-state index in [4.69, 9.17) is 0 Å². The number of rotatable bonds is 4. The highest BCUT2D eigenvalue weighted by Gasteiger charge is 2.37. The number of carbonyl (C=O) groups excluding carboxylic acids is 1. The second kappa shape index (κ2) is 6.14. The molecule has 0 aromatic heterocycles. The molecule has 20 heavy (non-hydrogen) atoms. The molecule has 2 aliphatic heterocycles. The lowest BCUT2D eigenvalue weighted by Crippen LogP contribution is -2.32. The molecule has 1 aromatic carbocycles. The van der Waals surface area contributed by atoms with Gasteiger partial charge >= 0.3 is 0 Å². The van der Waals surface area contributed by atoms with Crippen LogP contribution in [0.2, 0.25) is 0 Å². The van der Waals surface area contributed by atoms with Crippen LogP contribution in [0.15, 0.2) is 29.2 Å². The highest BCUT2D eigenvalue weighted by Crippen LogP contribution is 2.27. The zero-order chi connectivity index (χ0) is 13.9. The summed E-state index contributed by atoms with van der Waals surface area (Å²) in [5.74, 6) is 1.93. The maximum atomic E-state index is 13.4. The highest BCUT2D eigenvalue weighted by molar-refractivity contribution is 7.99. The Labute approximate surface area is 122 Å². The minimum absolute atomic E-state index is 0.202. The number of fused-ring (bicyclic) bond motifs is 1. The van der Waals surface area contributed by atoms with E-state index in [1.807, 2.05) is 11.0 Å². The van der Waals surface area contributed by atoms with Gasteiger partial charge in [0.1, 0.15) is 5.82 Å². The molecule has 0 unspecified atom stereocenters. The van der Waals surface area contributed by atoms with Crippen LogP contribution < -0.4 is 5.32 Å². The number of likely N-dealkylation sites (tertiary alicyclic amines) is 1. The molecule has 1 N–H and O–H groups in total. The Kier molecular flexibility index (Phi) is 4.27. The molecule has 3 rings (SSSR count). The van der Waals surface area contributed by atoms with Gasteiger partial charge in [-0.25, -0.2) is 4.39 Å². The summed E-state index contributed by atoms with van der Waals surface area (Å²) in [6.45, 7) is 3.86. The van der Waals surface area contributed by atoms with Crippen molar-refractivity contribution in [3.05, 3.63) is 30.1 Å². The molecule has 3 nitrogen and oxygen atoms in total. The monoisotopic (exact) mass is 294 g/mol. The predicted octanol–water partition coefficient (Wildman–Crippen LogP) is 1.99. The first kappa shape index (κ1) is 13.9. The van der Waals surface area contributed by atoms with Crippen molar-refractivity contribution in [3.63, 3.8) is 0 Å². The SMILES string of the molecule is O=C(CCSc1ccccc1F)N1C[C@H]2CNC[C@H]2C1. The fourth-order valence-corrected chi connectivity index (χ4v) is 3.90. The Morgan fingerprint density at radius 1 is 1.30 bits per heavy atom. The van der Waals surface area contributed by atoms with E-state index in [1.165, 1.54) is 17.8 Å². The van der Waals surface area contributed by atoms with Crippen molar-refractivity contribution < 1.29 is 9.18 Å². The van der Waals surface area contributed by atoms with Crippen LogP contribution in [-0.4, -0.2) is 42.7 Å². The Hall–Kier alpha value is -1.07. The van der Waals surface area contributed by atoms with Crippen molar-refractivity contribution in [2.45, 2.75) is 11.3 Å². The third kappa shape index (κ3) is 2.99. The van der Waals surface area contributed by atoms with Gasteiger partial charge in [-0.2, -0.15) is 0 Å². The molecule has 0 bridgehead atoms. The van der Waals surface area contributed by atoms with E-state index >= 15 is 0 Å². The molecule has 0 spiro atoms. The quantitative estimate of drug-likeness (QED) is 0.862. The van der Waals surface area contributed by atoms with Crippen LogP contribution >= 0.6 is 11.8 Å². The van der Waals surface area contributed by atoms with Crippen molar-refractivity contribution in [1.82, 2.24) is 10.2 Å². The summed E-state index contributed by atoms with van der Waals surface area (Å²) in [5, 5.41) is 3.37. The van der Waals surface area contributed by atoms with E-state index in [1.54, 1.807) is 12.1 Å². The van der Waals surface area contributed by atoms with Gasteiger partial charge in [-0.3, -0.25) is 4.79 Å². The number of thioether (sulfide) groups is 1. The van der Waals surface area contributed by atoms with E-state index in [2.05, 4.69) is 5.32 Å². The van der Waals surface area contributed by atoms with Crippen LogP contribution in [0.1, 0.15) is 6.42 Å². The minimum Gasteiger partial charge on any atom is -0.342 e. The van der Waals surface area contributed by atoms with Gasteiger partial charge in [0.2, 0.25) is 5.91 Å². The normalized spacial score (nSPS) is 24.9. The molecule has 2 heterocycles. The third-order valence-electron chi connectivity index (χ3n) is 4.15. The highest BCUT2D eigenvalue weighted by atomic mass is 32.2. The van der Waals surface area contributed by atoms with Crippen LogP contribution in [0.25, 0.3) is 0 Å². The first-order valence-corrected chi connectivity index (χ1v) is 8.08.